The van der Waals surface area contributed by atoms with Gasteiger partial charge in [0.05, 0.1) is 12.0 Å². The van der Waals surface area contributed by atoms with Crippen molar-refractivity contribution in [1.29, 1.82) is 0 Å². The van der Waals surface area contributed by atoms with Crippen molar-refractivity contribution in [3.63, 3.8) is 0 Å². The Kier molecular flexibility index (Phi) is 4.51. The number of halogens is 4. The van der Waals surface area contributed by atoms with Crippen LogP contribution in [0.2, 0.25) is 0 Å². The number of rotatable bonds is 4. The number of likely N-dealkylation sites (tertiary alicyclic amines) is 1. The molecule has 0 bridgehead atoms. The van der Waals surface area contributed by atoms with Gasteiger partial charge in [-0.2, -0.15) is 13.2 Å². The van der Waals surface area contributed by atoms with Gasteiger partial charge in [0.2, 0.25) is 0 Å². The second kappa shape index (κ2) is 6.01. The van der Waals surface area contributed by atoms with Gasteiger partial charge >= 0.3 is 12.1 Å². The topological polar surface area (TPSA) is 40.5 Å². The molecule has 1 aromatic carbocycles. The van der Waals surface area contributed by atoms with Crippen LogP contribution in [0.25, 0.3) is 0 Å². The molecular formula is C14H15F4NO2. The highest BCUT2D eigenvalue weighted by molar-refractivity contribution is 5.67. The van der Waals surface area contributed by atoms with Crippen molar-refractivity contribution in [3.8, 4) is 0 Å². The van der Waals surface area contributed by atoms with Crippen LogP contribution in [-0.4, -0.2) is 28.6 Å². The molecule has 1 atom stereocenters. The predicted octanol–water partition coefficient (Wildman–Crippen LogP) is 3.28. The zero-order chi connectivity index (χ0) is 15.6. The Morgan fingerprint density at radius 2 is 2.05 bits per heavy atom. The van der Waals surface area contributed by atoms with Gasteiger partial charge in [-0.25, -0.2) is 4.39 Å². The van der Waals surface area contributed by atoms with E-state index in [1.807, 2.05) is 0 Å². The monoisotopic (exact) mass is 305 g/mol. The van der Waals surface area contributed by atoms with Gasteiger partial charge in [0.15, 0.2) is 0 Å². The van der Waals surface area contributed by atoms with Crippen molar-refractivity contribution >= 4 is 5.97 Å². The number of carboxylic acid groups (broad SMARTS) is 1. The van der Waals surface area contributed by atoms with Crippen LogP contribution in [0, 0.1) is 5.82 Å². The number of hydrogen-bond acceptors (Lipinski definition) is 2. The van der Waals surface area contributed by atoms with E-state index in [1.165, 1.54) is 0 Å². The van der Waals surface area contributed by atoms with Crippen LogP contribution < -0.4 is 0 Å². The largest absolute Gasteiger partial charge is 0.481 e. The van der Waals surface area contributed by atoms with Gasteiger partial charge in [0.25, 0.3) is 0 Å². The first-order valence-corrected chi connectivity index (χ1v) is 6.58. The summed E-state index contributed by atoms with van der Waals surface area (Å²) in [5.74, 6) is -1.88. The molecule has 1 aromatic rings. The first-order valence-electron chi connectivity index (χ1n) is 6.58. The Bertz CT molecular complexity index is 530. The highest BCUT2D eigenvalue weighted by Gasteiger charge is 2.32. The predicted molar refractivity (Wildman–Crippen MR) is 67.1 cm³/mol. The standard InChI is InChI=1S/C14H15F4NO2/c15-11-5-9(4-10(6-11)14(16,17)18)8-19-3-1-2-12(19)7-13(20)21/h4-6,12H,1-3,7-8H2,(H,20,21). The number of carboxylic acids is 1. The first kappa shape index (κ1) is 15.8. The molecule has 1 saturated heterocycles. The maximum atomic E-state index is 13.3. The first-order chi connectivity index (χ1) is 9.75. The second-order valence-electron chi connectivity index (χ2n) is 5.21. The summed E-state index contributed by atoms with van der Waals surface area (Å²) in [6, 6.07) is 2.23. The Morgan fingerprint density at radius 3 is 2.67 bits per heavy atom. The molecule has 2 rings (SSSR count). The smallest absolute Gasteiger partial charge is 0.416 e. The maximum Gasteiger partial charge on any atom is 0.416 e. The molecule has 21 heavy (non-hydrogen) atoms. The molecular weight excluding hydrogens is 290 g/mol. The molecule has 1 N–H and O–H groups in total. The minimum absolute atomic E-state index is 0.0541. The molecule has 1 fully saturated rings. The van der Waals surface area contributed by atoms with Crippen molar-refractivity contribution in [2.45, 2.75) is 38.0 Å². The second-order valence-corrected chi connectivity index (χ2v) is 5.21. The van der Waals surface area contributed by atoms with Gasteiger partial charge in [0.1, 0.15) is 5.82 Å². The van der Waals surface area contributed by atoms with Crippen LogP contribution in [0.4, 0.5) is 17.6 Å². The molecule has 116 valence electrons. The van der Waals surface area contributed by atoms with Crippen molar-refractivity contribution in [2.75, 3.05) is 6.54 Å². The lowest BCUT2D eigenvalue weighted by Gasteiger charge is -2.23. The van der Waals surface area contributed by atoms with E-state index in [0.29, 0.717) is 19.0 Å². The minimum atomic E-state index is -4.59. The van der Waals surface area contributed by atoms with Gasteiger partial charge in [0, 0.05) is 12.6 Å². The molecule has 3 nitrogen and oxygen atoms in total. The third-order valence-corrected chi connectivity index (χ3v) is 3.58. The fourth-order valence-electron chi connectivity index (χ4n) is 2.68. The van der Waals surface area contributed by atoms with Gasteiger partial charge in [-0.3, -0.25) is 9.69 Å². The van der Waals surface area contributed by atoms with Crippen molar-refractivity contribution in [1.82, 2.24) is 4.90 Å². The van der Waals surface area contributed by atoms with E-state index < -0.39 is 23.5 Å². The zero-order valence-corrected chi connectivity index (χ0v) is 11.2. The lowest BCUT2D eigenvalue weighted by atomic mass is 10.1. The number of benzene rings is 1. The third-order valence-electron chi connectivity index (χ3n) is 3.58. The third kappa shape index (κ3) is 4.17. The summed E-state index contributed by atoms with van der Waals surface area (Å²) in [6.45, 7) is 0.731. The fourth-order valence-corrected chi connectivity index (χ4v) is 2.68. The molecule has 0 aromatic heterocycles. The number of carbonyl (C=O) groups is 1. The summed E-state index contributed by atoms with van der Waals surface area (Å²) in [5, 5.41) is 8.82. The Labute approximate surface area is 119 Å². The highest BCUT2D eigenvalue weighted by atomic mass is 19.4. The number of hydrogen-bond donors (Lipinski definition) is 1. The fraction of sp³-hybridized carbons (Fsp3) is 0.500. The molecule has 0 radical (unpaired) electrons. The highest BCUT2D eigenvalue weighted by Crippen LogP contribution is 2.31. The zero-order valence-electron chi connectivity index (χ0n) is 11.2. The lowest BCUT2D eigenvalue weighted by molar-refractivity contribution is -0.138. The molecule has 1 aliphatic rings. The van der Waals surface area contributed by atoms with Crippen molar-refractivity contribution in [2.24, 2.45) is 0 Å². The summed E-state index contributed by atoms with van der Waals surface area (Å²) in [6.07, 6.45) is -3.17. The molecule has 7 heteroatoms. The summed E-state index contributed by atoms with van der Waals surface area (Å²) >= 11 is 0. The van der Waals surface area contributed by atoms with Gasteiger partial charge in [-0.05, 0) is 43.1 Å². The van der Waals surface area contributed by atoms with E-state index >= 15 is 0 Å². The van der Waals surface area contributed by atoms with E-state index in [1.54, 1.807) is 4.90 Å². The summed E-state index contributed by atoms with van der Waals surface area (Å²) in [7, 11) is 0. The van der Waals surface area contributed by atoms with Gasteiger partial charge in [-0.1, -0.05) is 0 Å². The van der Waals surface area contributed by atoms with Crippen molar-refractivity contribution in [3.05, 3.63) is 35.1 Å². The van der Waals surface area contributed by atoms with Gasteiger partial charge in [-0.15, -0.1) is 0 Å². The van der Waals surface area contributed by atoms with E-state index in [2.05, 4.69) is 0 Å². The number of alkyl halides is 3. The lowest BCUT2D eigenvalue weighted by Crippen LogP contribution is -2.31. The van der Waals surface area contributed by atoms with Crippen LogP contribution >= 0.6 is 0 Å². The quantitative estimate of drug-likeness (QED) is 0.868. The normalized spacial score (nSPS) is 19.9. The summed E-state index contributed by atoms with van der Waals surface area (Å²) < 4.78 is 51.3. The molecule has 1 unspecified atom stereocenters. The molecule has 0 amide bonds. The summed E-state index contributed by atoms with van der Waals surface area (Å²) in [5.41, 5.74) is -0.814. The number of aliphatic carboxylic acids is 1. The maximum absolute atomic E-state index is 13.3. The molecule has 1 aliphatic heterocycles. The molecule has 0 spiro atoms. The van der Waals surface area contributed by atoms with E-state index in [-0.39, 0.29) is 24.6 Å². The summed E-state index contributed by atoms with van der Waals surface area (Å²) in [4.78, 5) is 12.6. The van der Waals surface area contributed by atoms with Crippen LogP contribution in [0.3, 0.4) is 0 Å². The van der Waals surface area contributed by atoms with E-state index in [4.69, 9.17) is 5.11 Å². The molecule has 1 heterocycles. The van der Waals surface area contributed by atoms with Gasteiger partial charge < -0.3 is 5.11 Å². The van der Waals surface area contributed by atoms with Crippen LogP contribution in [0.15, 0.2) is 18.2 Å². The SMILES string of the molecule is O=C(O)CC1CCCN1Cc1cc(F)cc(C(F)(F)F)c1. The molecule has 0 aliphatic carbocycles. The number of nitrogens with zero attached hydrogens (tertiary/aromatic N) is 1. The van der Waals surface area contributed by atoms with Crippen LogP contribution in [0.1, 0.15) is 30.4 Å². The Hall–Kier alpha value is -1.63. The van der Waals surface area contributed by atoms with E-state index in [9.17, 15) is 22.4 Å². The molecule has 0 saturated carbocycles. The van der Waals surface area contributed by atoms with Crippen LogP contribution in [-0.2, 0) is 17.5 Å². The Morgan fingerprint density at radius 1 is 1.33 bits per heavy atom. The average Bonchev–Trinajstić information content (AvgIpc) is 2.74. The average molecular weight is 305 g/mol. The van der Waals surface area contributed by atoms with Crippen molar-refractivity contribution < 1.29 is 27.5 Å². The van der Waals surface area contributed by atoms with E-state index in [0.717, 1.165) is 18.6 Å². The Balaban J connectivity index is 2.15. The minimum Gasteiger partial charge on any atom is -0.481 e. The van der Waals surface area contributed by atoms with Crippen LogP contribution in [0.5, 0.6) is 0 Å².